The number of benzene rings is 2. The van der Waals surface area contributed by atoms with Crippen LogP contribution in [0.1, 0.15) is 18.9 Å². The Morgan fingerprint density at radius 3 is 2.40 bits per heavy atom. The Morgan fingerprint density at radius 1 is 1.07 bits per heavy atom. The first-order chi connectivity index (χ1) is 14.4. The molecule has 0 saturated carbocycles. The first kappa shape index (κ1) is 23.9. The van der Waals surface area contributed by atoms with E-state index in [1.807, 2.05) is 25.3 Å². The third-order valence-electron chi connectivity index (χ3n) is 4.26. The maximum absolute atomic E-state index is 12.6. The second-order valence-electron chi connectivity index (χ2n) is 6.43. The highest BCUT2D eigenvalue weighted by Crippen LogP contribution is 2.15. The van der Waals surface area contributed by atoms with E-state index < -0.39 is 34.5 Å². The SMILES string of the molecule is CCc1ccccc1NC(=O)COC(=O)C(CCSC)NS(=O)(=O)c1ccccc1. The lowest BCUT2D eigenvalue weighted by atomic mass is 10.1. The van der Waals surface area contributed by atoms with E-state index >= 15 is 0 Å². The van der Waals surface area contributed by atoms with Crippen LogP contribution in [-0.4, -0.2) is 45.0 Å². The van der Waals surface area contributed by atoms with Gasteiger partial charge >= 0.3 is 5.97 Å². The van der Waals surface area contributed by atoms with Crippen LogP contribution >= 0.6 is 11.8 Å². The molecule has 1 amide bonds. The van der Waals surface area contributed by atoms with Crippen molar-refractivity contribution in [2.24, 2.45) is 0 Å². The number of ether oxygens (including phenoxy) is 1. The van der Waals surface area contributed by atoms with Gasteiger partial charge in [0, 0.05) is 5.69 Å². The quantitative estimate of drug-likeness (QED) is 0.511. The number of esters is 1. The van der Waals surface area contributed by atoms with Crippen molar-refractivity contribution in [1.29, 1.82) is 0 Å². The topological polar surface area (TPSA) is 102 Å². The van der Waals surface area contributed by atoms with Gasteiger partial charge in [-0.25, -0.2) is 8.42 Å². The minimum absolute atomic E-state index is 0.0564. The van der Waals surface area contributed by atoms with Crippen LogP contribution in [0.4, 0.5) is 5.69 Å². The molecule has 162 valence electrons. The zero-order valence-corrected chi connectivity index (χ0v) is 18.6. The van der Waals surface area contributed by atoms with Gasteiger partial charge < -0.3 is 10.1 Å². The highest BCUT2D eigenvalue weighted by molar-refractivity contribution is 7.98. The zero-order chi connectivity index (χ0) is 22.0. The fraction of sp³-hybridized carbons (Fsp3) is 0.333. The van der Waals surface area contributed by atoms with Crippen LogP contribution in [0.2, 0.25) is 0 Å². The Balaban J connectivity index is 2.00. The lowest BCUT2D eigenvalue weighted by Gasteiger charge is -2.17. The Labute approximate surface area is 181 Å². The molecule has 2 rings (SSSR count). The Bertz CT molecular complexity index is 949. The van der Waals surface area contributed by atoms with Crippen LogP contribution in [0.5, 0.6) is 0 Å². The maximum atomic E-state index is 12.6. The number of sulfonamides is 1. The van der Waals surface area contributed by atoms with E-state index in [9.17, 15) is 18.0 Å². The Kier molecular flexibility index (Phi) is 9.35. The lowest BCUT2D eigenvalue weighted by molar-refractivity contribution is -0.149. The van der Waals surface area contributed by atoms with E-state index in [0.29, 0.717) is 11.4 Å². The van der Waals surface area contributed by atoms with Crippen molar-refractivity contribution in [3.63, 3.8) is 0 Å². The van der Waals surface area contributed by atoms with Crippen molar-refractivity contribution in [2.75, 3.05) is 23.9 Å². The van der Waals surface area contributed by atoms with Gasteiger partial charge in [0.25, 0.3) is 5.91 Å². The van der Waals surface area contributed by atoms with Crippen LogP contribution in [0.25, 0.3) is 0 Å². The monoisotopic (exact) mass is 450 g/mol. The lowest BCUT2D eigenvalue weighted by Crippen LogP contribution is -2.43. The molecule has 7 nitrogen and oxygen atoms in total. The highest BCUT2D eigenvalue weighted by Gasteiger charge is 2.27. The molecule has 0 aliphatic carbocycles. The molecule has 0 bridgehead atoms. The molecule has 0 spiro atoms. The minimum atomic E-state index is -3.89. The van der Waals surface area contributed by atoms with Gasteiger partial charge in [0.1, 0.15) is 6.04 Å². The zero-order valence-electron chi connectivity index (χ0n) is 17.0. The molecule has 0 aliphatic heterocycles. The first-order valence-corrected chi connectivity index (χ1v) is 12.4. The molecule has 1 unspecified atom stereocenters. The molecular formula is C21H26N2O5S2. The summed E-state index contributed by atoms with van der Waals surface area (Å²) in [5.41, 5.74) is 1.62. The number of amides is 1. The van der Waals surface area contributed by atoms with Crippen LogP contribution < -0.4 is 10.0 Å². The summed E-state index contributed by atoms with van der Waals surface area (Å²) in [6.45, 7) is 1.47. The summed E-state index contributed by atoms with van der Waals surface area (Å²) in [6.07, 6.45) is 2.84. The summed E-state index contributed by atoms with van der Waals surface area (Å²) in [6, 6.07) is 14.1. The molecule has 30 heavy (non-hydrogen) atoms. The predicted molar refractivity (Wildman–Crippen MR) is 119 cm³/mol. The second-order valence-corrected chi connectivity index (χ2v) is 9.13. The number of hydrogen-bond donors (Lipinski definition) is 2. The van der Waals surface area contributed by atoms with Crippen molar-refractivity contribution in [3.8, 4) is 0 Å². The van der Waals surface area contributed by atoms with Crippen molar-refractivity contribution in [3.05, 3.63) is 60.2 Å². The summed E-state index contributed by atoms with van der Waals surface area (Å²) in [5, 5.41) is 2.71. The fourth-order valence-electron chi connectivity index (χ4n) is 2.69. The number of carbonyl (C=O) groups excluding carboxylic acids is 2. The summed E-state index contributed by atoms with van der Waals surface area (Å²) < 4.78 is 32.6. The normalized spacial score (nSPS) is 12.2. The average Bonchev–Trinajstić information content (AvgIpc) is 2.76. The maximum Gasteiger partial charge on any atom is 0.324 e. The average molecular weight is 451 g/mol. The largest absolute Gasteiger partial charge is 0.454 e. The van der Waals surface area contributed by atoms with E-state index in [4.69, 9.17) is 4.74 Å². The van der Waals surface area contributed by atoms with Gasteiger partial charge in [-0.2, -0.15) is 16.5 Å². The summed E-state index contributed by atoms with van der Waals surface area (Å²) in [4.78, 5) is 24.8. The number of hydrogen-bond acceptors (Lipinski definition) is 6. The summed E-state index contributed by atoms with van der Waals surface area (Å²) in [7, 11) is -3.89. The number of anilines is 1. The molecule has 0 radical (unpaired) electrons. The number of nitrogens with one attached hydrogen (secondary N) is 2. The minimum Gasteiger partial charge on any atom is -0.454 e. The van der Waals surface area contributed by atoms with Gasteiger partial charge in [-0.05, 0) is 48.6 Å². The number of thioether (sulfide) groups is 1. The van der Waals surface area contributed by atoms with Gasteiger partial charge in [0.2, 0.25) is 10.0 Å². The number of para-hydroxylation sites is 1. The van der Waals surface area contributed by atoms with E-state index in [1.54, 1.807) is 30.3 Å². The molecule has 2 N–H and O–H groups in total. The molecule has 1 atom stereocenters. The fourth-order valence-corrected chi connectivity index (χ4v) is 4.40. The van der Waals surface area contributed by atoms with Crippen LogP contribution in [-0.2, 0) is 30.8 Å². The molecule has 2 aromatic rings. The number of carbonyl (C=O) groups is 2. The van der Waals surface area contributed by atoms with Crippen LogP contribution in [0.3, 0.4) is 0 Å². The van der Waals surface area contributed by atoms with Crippen LogP contribution in [0.15, 0.2) is 59.5 Å². The van der Waals surface area contributed by atoms with E-state index in [2.05, 4.69) is 10.0 Å². The van der Waals surface area contributed by atoms with Crippen molar-refractivity contribution in [1.82, 2.24) is 4.72 Å². The van der Waals surface area contributed by atoms with Crippen LogP contribution in [0, 0.1) is 0 Å². The molecule has 2 aromatic carbocycles. The molecule has 0 aromatic heterocycles. The predicted octanol–water partition coefficient (Wildman–Crippen LogP) is 2.83. The van der Waals surface area contributed by atoms with Gasteiger partial charge in [0.15, 0.2) is 6.61 Å². The summed E-state index contributed by atoms with van der Waals surface area (Å²) >= 11 is 1.48. The van der Waals surface area contributed by atoms with Crippen molar-refractivity contribution in [2.45, 2.75) is 30.7 Å². The molecule has 0 fully saturated rings. The Morgan fingerprint density at radius 2 is 1.73 bits per heavy atom. The third-order valence-corrected chi connectivity index (χ3v) is 6.40. The van der Waals surface area contributed by atoms with E-state index in [1.165, 1.54) is 23.9 Å². The van der Waals surface area contributed by atoms with Gasteiger partial charge in [0.05, 0.1) is 4.90 Å². The van der Waals surface area contributed by atoms with Gasteiger partial charge in [-0.1, -0.05) is 43.3 Å². The highest BCUT2D eigenvalue weighted by atomic mass is 32.2. The molecule has 0 aliphatic rings. The Hall–Kier alpha value is -2.36. The number of aryl methyl sites for hydroxylation is 1. The third kappa shape index (κ3) is 7.16. The first-order valence-electron chi connectivity index (χ1n) is 9.48. The van der Waals surface area contributed by atoms with E-state index in [0.717, 1.165) is 12.0 Å². The van der Waals surface area contributed by atoms with E-state index in [-0.39, 0.29) is 11.3 Å². The van der Waals surface area contributed by atoms with Gasteiger partial charge in [-0.3, -0.25) is 9.59 Å². The van der Waals surface area contributed by atoms with Crippen molar-refractivity contribution >= 4 is 39.3 Å². The molecule has 9 heteroatoms. The molecule has 0 heterocycles. The second kappa shape index (κ2) is 11.7. The summed E-state index contributed by atoms with van der Waals surface area (Å²) in [5.74, 6) is -0.728. The molecule has 0 saturated heterocycles. The standard InChI is InChI=1S/C21H26N2O5S2/c1-3-16-9-7-8-12-18(16)22-20(24)15-28-21(25)19(13-14-29-2)23-30(26,27)17-10-5-4-6-11-17/h4-12,19,23H,3,13-15H2,1-2H3,(H,22,24). The van der Waals surface area contributed by atoms with Gasteiger partial charge in [-0.15, -0.1) is 0 Å². The number of rotatable bonds is 11. The smallest absolute Gasteiger partial charge is 0.324 e. The van der Waals surface area contributed by atoms with Crippen molar-refractivity contribution < 1.29 is 22.7 Å². The molecular weight excluding hydrogens is 424 g/mol.